The highest BCUT2D eigenvalue weighted by atomic mass is 35.5. The molecular weight excluding hydrogens is 278 g/mol. The Kier molecular flexibility index (Phi) is 5.02. The molecule has 2 rings (SSSR count). The SMILES string of the molecule is CCn1nc(C)c(Cl)c1CNC(C)Cc1cccs1. The fraction of sp³-hybridized carbons (Fsp3) is 0.500. The van der Waals surface area contributed by atoms with Gasteiger partial charge in [-0.15, -0.1) is 11.3 Å². The first-order valence-electron chi connectivity index (χ1n) is 6.59. The molecule has 0 saturated carbocycles. The van der Waals surface area contributed by atoms with Gasteiger partial charge in [0.15, 0.2) is 0 Å². The van der Waals surface area contributed by atoms with Crippen LogP contribution in [0.15, 0.2) is 17.5 Å². The van der Waals surface area contributed by atoms with Gasteiger partial charge in [0.2, 0.25) is 0 Å². The number of hydrogen-bond acceptors (Lipinski definition) is 3. The third-order valence-corrected chi connectivity index (χ3v) is 4.55. The summed E-state index contributed by atoms with van der Waals surface area (Å²) in [4.78, 5) is 1.41. The van der Waals surface area contributed by atoms with Crippen molar-refractivity contribution >= 4 is 22.9 Å². The van der Waals surface area contributed by atoms with Crippen molar-refractivity contribution in [1.82, 2.24) is 15.1 Å². The predicted octanol–water partition coefficient (Wildman–Crippen LogP) is 3.65. The van der Waals surface area contributed by atoms with Crippen molar-refractivity contribution in [3.05, 3.63) is 38.8 Å². The van der Waals surface area contributed by atoms with Gasteiger partial charge in [0.05, 0.1) is 16.4 Å². The Balaban J connectivity index is 1.95. The molecule has 0 aliphatic carbocycles. The van der Waals surface area contributed by atoms with Crippen LogP contribution in [-0.4, -0.2) is 15.8 Å². The molecule has 0 aromatic carbocycles. The Bertz CT molecular complexity index is 519. The lowest BCUT2D eigenvalue weighted by Crippen LogP contribution is -2.28. The third-order valence-electron chi connectivity index (χ3n) is 3.16. The number of nitrogens with zero attached hydrogens (tertiary/aromatic N) is 2. The van der Waals surface area contributed by atoms with Crippen LogP contribution in [0.25, 0.3) is 0 Å². The van der Waals surface area contributed by atoms with E-state index in [1.54, 1.807) is 11.3 Å². The maximum atomic E-state index is 6.30. The number of nitrogens with one attached hydrogen (secondary N) is 1. The van der Waals surface area contributed by atoms with Gasteiger partial charge in [-0.3, -0.25) is 4.68 Å². The van der Waals surface area contributed by atoms with Crippen molar-refractivity contribution in [1.29, 1.82) is 0 Å². The molecule has 104 valence electrons. The first-order chi connectivity index (χ1) is 9.11. The van der Waals surface area contributed by atoms with Gasteiger partial charge in [-0.25, -0.2) is 0 Å². The summed E-state index contributed by atoms with van der Waals surface area (Å²) in [6, 6.07) is 4.70. The second kappa shape index (κ2) is 6.55. The first kappa shape index (κ1) is 14.6. The van der Waals surface area contributed by atoms with E-state index in [4.69, 9.17) is 11.6 Å². The normalized spacial score (nSPS) is 12.8. The Morgan fingerprint density at radius 3 is 2.95 bits per heavy atom. The molecule has 0 amide bonds. The Labute approximate surface area is 123 Å². The molecule has 0 bridgehead atoms. The van der Waals surface area contributed by atoms with Crippen molar-refractivity contribution in [3.8, 4) is 0 Å². The monoisotopic (exact) mass is 297 g/mol. The Morgan fingerprint density at radius 1 is 1.53 bits per heavy atom. The number of rotatable bonds is 6. The summed E-state index contributed by atoms with van der Waals surface area (Å²) < 4.78 is 1.97. The van der Waals surface area contributed by atoms with E-state index in [0.717, 1.165) is 35.9 Å². The summed E-state index contributed by atoms with van der Waals surface area (Å²) in [5.74, 6) is 0. The Morgan fingerprint density at radius 2 is 2.32 bits per heavy atom. The van der Waals surface area contributed by atoms with E-state index in [2.05, 4.69) is 41.8 Å². The summed E-state index contributed by atoms with van der Waals surface area (Å²) in [5, 5.41) is 10.9. The average molecular weight is 298 g/mol. The zero-order valence-corrected chi connectivity index (χ0v) is 13.2. The molecule has 0 spiro atoms. The second-order valence-corrected chi connectivity index (χ2v) is 6.14. The third kappa shape index (κ3) is 3.59. The van der Waals surface area contributed by atoms with Crippen LogP contribution in [-0.2, 0) is 19.5 Å². The molecular formula is C14H20ClN3S. The molecule has 2 heterocycles. The van der Waals surface area contributed by atoms with Gasteiger partial charge in [0.1, 0.15) is 0 Å². The molecule has 1 unspecified atom stereocenters. The maximum Gasteiger partial charge on any atom is 0.0860 e. The van der Waals surface area contributed by atoms with Crippen LogP contribution in [0.1, 0.15) is 30.1 Å². The largest absolute Gasteiger partial charge is 0.308 e. The van der Waals surface area contributed by atoms with Gasteiger partial charge < -0.3 is 5.32 Å². The van der Waals surface area contributed by atoms with Gasteiger partial charge in [-0.2, -0.15) is 5.10 Å². The van der Waals surface area contributed by atoms with Crippen LogP contribution < -0.4 is 5.32 Å². The van der Waals surface area contributed by atoms with Crippen LogP contribution in [0.4, 0.5) is 0 Å². The van der Waals surface area contributed by atoms with E-state index in [-0.39, 0.29) is 0 Å². The minimum Gasteiger partial charge on any atom is -0.308 e. The molecule has 0 radical (unpaired) electrons. The lowest BCUT2D eigenvalue weighted by atomic mass is 10.2. The summed E-state index contributed by atoms with van der Waals surface area (Å²) in [6.45, 7) is 7.85. The number of thiophene rings is 1. The highest BCUT2D eigenvalue weighted by Gasteiger charge is 2.13. The molecule has 2 aromatic rings. The lowest BCUT2D eigenvalue weighted by Gasteiger charge is -2.13. The van der Waals surface area contributed by atoms with Crippen LogP contribution in [0.2, 0.25) is 5.02 Å². The molecule has 0 fully saturated rings. The van der Waals surface area contributed by atoms with E-state index < -0.39 is 0 Å². The summed E-state index contributed by atoms with van der Waals surface area (Å²) in [6.07, 6.45) is 1.05. The summed E-state index contributed by atoms with van der Waals surface area (Å²) in [7, 11) is 0. The highest BCUT2D eigenvalue weighted by Crippen LogP contribution is 2.20. The summed E-state index contributed by atoms with van der Waals surface area (Å²) >= 11 is 8.10. The Hall–Kier alpha value is -0.840. The zero-order valence-electron chi connectivity index (χ0n) is 11.6. The van der Waals surface area contributed by atoms with Crippen molar-refractivity contribution in [2.45, 2.75) is 46.3 Å². The van der Waals surface area contributed by atoms with Crippen LogP contribution >= 0.6 is 22.9 Å². The van der Waals surface area contributed by atoms with E-state index in [9.17, 15) is 0 Å². The molecule has 5 heteroatoms. The molecule has 1 N–H and O–H groups in total. The first-order valence-corrected chi connectivity index (χ1v) is 7.85. The van der Waals surface area contributed by atoms with Crippen molar-refractivity contribution < 1.29 is 0 Å². The second-order valence-electron chi connectivity index (χ2n) is 4.73. The fourth-order valence-electron chi connectivity index (χ4n) is 2.11. The smallest absolute Gasteiger partial charge is 0.0860 e. The molecule has 1 atom stereocenters. The molecule has 2 aromatic heterocycles. The van der Waals surface area contributed by atoms with E-state index >= 15 is 0 Å². The van der Waals surface area contributed by atoms with Crippen LogP contribution in [0, 0.1) is 6.92 Å². The van der Waals surface area contributed by atoms with Gasteiger partial charge in [-0.1, -0.05) is 17.7 Å². The number of halogens is 1. The van der Waals surface area contributed by atoms with Crippen molar-refractivity contribution in [3.63, 3.8) is 0 Å². The summed E-state index contributed by atoms with van der Waals surface area (Å²) in [5.41, 5.74) is 1.99. The number of hydrogen-bond donors (Lipinski definition) is 1. The van der Waals surface area contributed by atoms with Gasteiger partial charge >= 0.3 is 0 Å². The zero-order chi connectivity index (χ0) is 13.8. The minimum atomic E-state index is 0.426. The van der Waals surface area contributed by atoms with Gasteiger partial charge in [-0.05, 0) is 38.6 Å². The van der Waals surface area contributed by atoms with Gasteiger partial charge in [0.25, 0.3) is 0 Å². The van der Waals surface area contributed by atoms with E-state index in [1.807, 2.05) is 11.6 Å². The van der Waals surface area contributed by atoms with Crippen LogP contribution in [0.5, 0.6) is 0 Å². The lowest BCUT2D eigenvalue weighted by molar-refractivity contribution is 0.516. The predicted molar refractivity (Wildman–Crippen MR) is 82.0 cm³/mol. The number of aryl methyl sites for hydroxylation is 2. The fourth-order valence-corrected chi connectivity index (χ4v) is 3.15. The average Bonchev–Trinajstić information content (AvgIpc) is 2.97. The molecule has 0 aliphatic heterocycles. The maximum absolute atomic E-state index is 6.30. The van der Waals surface area contributed by atoms with Crippen LogP contribution in [0.3, 0.4) is 0 Å². The molecule has 0 saturated heterocycles. The number of aromatic nitrogens is 2. The molecule has 3 nitrogen and oxygen atoms in total. The minimum absolute atomic E-state index is 0.426. The molecule has 19 heavy (non-hydrogen) atoms. The quantitative estimate of drug-likeness (QED) is 0.882. The van der Waals surface area contributed by atoms with E-state index in [1.165, 1.54) is 4.88 Å². The van der Waals surface area contributed by atoms with Gasteiger partial charge in [0, 0.05) is 24.0 Å². The standard InChI is InChI=1S/C14H20ClN3S/c1-4-18-13(14(15)11(3)17-18)9-16-10(2)8-12-6-5-7-19-12/h5-7,10,16H,4,8-9H2,1-3H3. The topological polar surface area (TPSA) is 29.9 Å². The van der Waals surface area contributed by atoms with Crippen molar-refractivity contribution in [2.75, 3.05) is 0 Å². The molecule has 0 aliphatic rings. The van der Waals surface area contributed by atoms with Crippen molar-refractivity contribution in [2.24, 2.45) is 0 Å². The van der Waals surface area contributed by atoms with E-state index in [0.29, 0.717) is 6.04 Å². The highest BCUT2D eigenvalue weighted by molar-refractivity contribution is 7.09.